The highest BCUT2D eigenvalue weighted by Gasteiger charge is 2.63. The Morgan fingerprint density at radius 3 is 2.67 bits per heavy atom. The second kappa shape index (κ2) is 6.25. The molecule has 8 nitrogen and oxygen atoms in total. The maximum atomic E-state index is 12.8. The molecule has 1 aliphatic carbocycles. The number of aliphatic carboxylic acids is 1. The zero-order valence-electron chi connectivity index (χ0n) is 14.1. The van der Waals surface area contributed by atoms with Gasteiger partial charge >= 0.3 is 5.97 Å². The summed E-state index contributed by atoms with van der Waals surface area (Å²) in [6, 6.07) is 12.0. The van der Waals surface area contributed by atoms with Crippen molar-refractivity contribution in [2.24, 2.45) is 0 Å². The molecular formula is C17H15N3O5S2. The van der Waals surface area contributed by atoms with Crippen molar-refractivity contribution in [2.45, 2.75) is 29.0 Å². The molecule has 1 aliphatic rings. The van der Waals surface area contributed by atoms with E-state index in [2.05, 4.69) is 14.9 Å². The molecule has 0 spiro atoms. The molecule has 1 fully saturated rings. The molecule has 2 N–H and O–H groups in total. The monoisotopic (exact) mass is 405 g/mol. The predicted molar refractivity (Wildman–Crippen MR) is 96.8 cm³/mol. The molecule has 2 aromatic heterocycles. The molecule has 4 rings (SSSR count). The number of rotatable bonds is 6. The normalized spacial score (nSPS) is 21.9. The van der Waals surface area contributed by atoms with Crippen LogP contribution in [0.3, 0.4) is 0 Å². The number of carbonyl (C=O) groups is 1. The van der Waals surface area contributed by atoms with E-state index in [0.717, 1.165) is 16.9 Å². The number of carboxylic acid groups (broad SMARTS) is 1. The number of nitrogens with zero attached hydrogens (tertiary/aromatic N) is 2. The Hall–Kier alpha value is -2.56. The van der Waals surface area contributed by atoms with E-state index < -0.39 is 27.4 Å². The van der Waals surface area contributed by atoms with Crippen molar-refractivity contribution in [2.75, 3.05) is 0 Å². The van der Waals surface area contributed by atoms with Crippen LogP contribution in [0.25, 0.3) is 10.7 Å². The van der Waals surface area contributed by atoms with Gasteiger partial charge in [0, 0.05) is 12.8 Å². The summed E-state index contributed by atoms with van der Waals surface area (Å²) in [6.07, 6.45) is 0.202. The highest BCUT2D eigenvalue weighted by Crippen LogP contribution is 2.52. The van der Waals surface area contributed by atoms with Crippen molar-refractivity contribution >= 4 is 27.3 Å². The van der Waals surface area contributed by atoms with Crippen molar-refractivity contribution in [3.63, 3.8) is 0 Å². The number of aromatic nitrogens is 2. The second-order valence-corrected chi connectivity index (χ2v) is 9.30. The quantitative estimate of drug-likeness (QED) is 0.645. The Morgan fingerprint density at radius 2 is 2.04 bits per heavy atom. The molecule has 0 radical (unpaired) electrons. The highest BCUT2D eigenvalue weighted by molar-refractivity contribution is 7.91. The van der Waals surface area contributed by atoms with Crippen LogP contribution in [0.4, 0.5) is 0 Å². The summed E-state index contributed by atoms with van der Waals surface area (Å²) in [5, 5.41) is 13.4. The molecule has 0 aliphatic heterocycles. The fourth-order valence-electron chi connectivity index (χ4n) is 3.02. The lowest BCUT2D eigenvalue weighted by atomic mass is 10.1. The highest BCUT2D eigenvalue weighted by atomic mass is 32.2. The summed E-state index contributed by atoms with van der Waals surface area (Å²) >= 11 is 0.955. The Labute approximate surface area is 158 Å². The topological polar surface area (TPSA) is 122 Å². The maximum Gasteiger partial charge on any atom is 0.325 e. The van der Waals surface area contributed by atoms with Gasteiger partial charge in [0.05, 0.1) is 4.88 Å². The van der Waals surface area contributed by atoms with E-state index in [1.54, 1.807) is 37.3 Å². The number of sulfonamides is 1. The first kappa shape index (κ1) is 17.8. The van der Waals surface area contributed by atoms with E-state index in [1.807, 2.05) is 6.07 Å². The van der Waals surface area contributed by atoms with Crippen LogP contribution in [-0.4, -0.2) is 35.2 Å². The van der Waals surface area contributed by atoms with E-state index in [4.69, 9.17) is 4.52 Å². The molecule has 0 amide bonds. The van der Waals surface area contributed by atoms with Crippen LogP contribution >= 0.6 is 11.3 Å². The molecular weight excluding hydrogens is 390 g/mol. The molecule has 3 aromatic rings. The fraction of sp³-hybridized carbons (Fsp3) is 0.235. The second-order valence-electron chi connectivity index (χ2n) is 6.31. The summed E-state index contributed by atoms with van der Waals surface area (Å²) in [6.45, 7) is 1.64. The van der Waals surface area contributed by atoms with E-state index in [-0.39, 0.29) is 10.6 Å². The number of thiophene rings is 1. The standard InChI is InChI=1S/C17H15N3O5S2/c1-10-18-15(19-25-10)13-7-8-14(26-13)27(23,24)20-17(16(21)22)9-12(17)11-5-3-2-4-6-11/h2-8,12,20H,9H2,1H3,(H,21,22)/t12-,17+/m1/s1. The van der Waals surface area contributed by atoms with Gasteiger partial charge in [-0.25, -0.2) is 8.42 Å². The number of aryl methyl sites for hydroxylation is 1. The van der Waals surface area contributed by atoms with Gasteiger partial charge in [0.25, 0.3) is 10.0 Å². The Morgan fingerprint density at radius 1 is 1.30 bits per heavy atom. The van der Waals surface area contributed by atoms with Crippen molar-refractivity contribution in [3.8, 4) is 10.7 Å². The van der Waals surface area contributed by atoms with Crippen LogP contribution in [0, 0.1) is 6.92 Å². The number of nitrogens with one attached hydrogen (secondary N) is 1. The molecule has 0 bridgehead atoms. The van der Waals surface area contributed by atoms with Crippen molar-refractivity contribution in [1.29, 1.82) is 0 Å². The summed E-state index contributed by atoms with van der Waals surface area (Å²) in [7, 11) is -4.02. The van der Waals surface area contributed by atoms with E-state index in [0.29, 0.717) is 16.6 Å². The first-order valence-corrected chi connectivity index (χ1v) is 10.3. The first-order chi connectivity index (χ1) is 12.8. The van der Waals surface area contributed by atoms with Crippen molar-refractivity contribution in [1.82, 2.24) is 14.9 Å². The van der Waals surface area contributed by atoms with Crippen LogP contribution in [0.15, 0.2) is 51.2 Å². The molecule has 27 heavy (non-hydrogen) atoms. The van der Waals surface area contributed by atoms with Crippen molar-refractivity contribution < 1.29 is 22.8 Å². The van der Waals surface area contributed by atoms with Gasteiger partial charge < -0.3 is 9.63 Å². The number of carboxylic acids is 1. The zero-order chi connectivity index (χ0) is 19.2. The molecule has 1 aromatic carbocycles. The van der Waals surface area contributed by atoms with E-state index >= 15 is 0 Å². The number of hydrogen-bond acceptors (Lipinski definition) is 7. The lowest BCUT2D eigenvalue weighted by Gasteiger charge is -2.14. The van der Waals surface area contributed by atoms with Gasteiger partial charge in [-0.1, -0.05) is 35.5 Å². The minimum Gasteiger partial charge on any atom is -0.480 e. The summed E-state index contributed by atoms with van der Waals surface area (Å²) in [4.78, 5) is 16.4. The van der Waals surface area contributed by atoms with Crippen LogP contribution in [0.1, 0.15) is 23.8 Å². The van der Waals surface area contributed by atoms with Gasteiger partial charge in [0.2, 0.25) is 11.7 Å². The maximum absolute atomic E-state index is 12.8. The number of hydrogen-bond donors (Lipinski definition) is 2. The van der Waals surface area contributed by atoms with Crippen LogP contribution in [0.2, 0.25) is 0 Å². The van der Waals surface area contributed by atoms with Crippen LogP contribution in [-0.2, 0) is 14.8 Å². The van der Waals surface area contributed by atoms with Gasteiger partial charge in [-0.2, -0.15) is 9.71 Å². The largest absolute Gasteiger partial charge is 0.480 e. The van der Waals surface area contributed by atoms with Gasteiger partial charge in [-0.05, 0) is 24.1 Å². The van der Waals surface area contributed by atoms with Gasteiger partial charge in [0.15, 0.2) is 0 Å². The van der Waals surface area contributed by atoms with Gasteiger partial charge in [-0.3, -0.25) is 4.79 Å². The Kier molecular flexibility index (Phi) is 4.13. The zero-order valence-corrected chi connectivity index (χ0v) is 15.8. The summed E-state index contributed by atoms with van der Waals surface area (Å²) < 4.78 is 32.9. The molecule has 2 atom stereocenters. The minimum absolute atomic E-state index is 0.000658. The molecule has 10 heteroatoms. The van der Waals surface area contributed by atoms with Crippen LogP contribution < -0.4 is 4.72 Å². The fourth-order valence-corrected chi connectivity index (χ4v) is 5.65. The lowest BCUT2D eigenvalue weighted by Crippen LogP contribution is -2.44. The molecule has 2 heterocycles. The third kappa shape index (κ3) is 3.15. The van der Waals surface area contributed by atoms with Gasteiger partial charge in [0.1, 0.15) is 9.75 Å². The summed E-state index contributed by atoms with van der Waals surface area (Å²) in [5.74, 6) is -0.939. The third-order valence-corrected chi connectivity index (χ3v) is 7.54. The molecule has 0 saturated heterocycles. The molecule has 140 valence electrons. The Bertz CT molecular complexity index is 1110. The smallest absolute Gasteiger partial charge is 0.325 e. The summed E-state index contributed by atoms with van der Waals surface area (Å²) in [5.41, 5.74) is -0.746. The van der Waals surface area contributed by atoms with Crippen molar-refractivity contribution in [3.05, 3.63) is 53.9 Å². The average molecular weight is 405 g/mol. The molecule has 0 unspecified atom stereocenters. The lowest BCUT2D eigenvalue weighted by molar-refractivity contribution is -0.140. The SMILES string of the molecule is Cc1nc(-c2ccc(S(=O)(=O)N[C@@]3(C(=O)O)C[C@@H]3c3ccccc3)s2)no1. The molecule has 1 saturated carbocycles. The van der Waals surface area contributed by atoms with E-state index in [1.165, 1.54) is 6.07 Å². The Balaban J connectivity index is 1.61. The minimum atomic E-state index is -4.02. The average Bonchev–Trinajstić information content (AvgIpc) is 2.98. The number of benzene rings is 1. The van der Waals surface area contributed by atoms with Crippen LogP contribution in [0.5, 0.6) is 0 Å². The third-order valence-electron chi connectivity index (χ3n) is 4.46. The predicted octanol–water partition coefficient (Wildman–Crippen LogP) is 2.40. The van der Waals surface area contributed by atoms with E-state index in [9.17, 15) is 18.3 Å². The van der Waals surface area contributed by atoms with Gasteiger partial charge in [-0.15, -0.1) is 11.3 Å². The first-order valence-electron chi connectivity index (χ1n) is 8.05.